The Morgan fingerprint density at radius 1 is 1.17 bits per heavy atom. The largest absolute Gasteiger partial charge is 0.459 e. The Kier molecular flexibility index (Phi) is 6.19. The molecule has 0 aliphatic heterocycles. The third-order valence-corrected chi connectivity index (χ3v) is 4.89. The number of rotatable bonds is 6. The van der Waals surface area contributed by atoms with Gasteiger partial charge in [-0.3, -0.25) is 8.98 Å². The van der Waals surface area contributed by atoms with Gasteiger partial charge in [-0.25, -0.2) is 0 Å². The lowest BCUT2D eigenvalue weighted by Crippen LogP contribution is -2.46. The third-order valence-electron chi connectivity index (χ3n) is 3.61. The SMILES string of the molecule is Cc1ccc(S(=O)(=O)OCC(C)(C(=O)OC(C)(C)C)C(C)O)cc1. The van der Waals surface area contributed by atoms with Gasteiger partial charge in [-0.15, -0.1) is 0 Å². The molecule has 1 rings (SSSR count). The lowest BCUT2D eigenvalue weighted by Gasteiger charge is -2.32. The van der Waals surface area contributed by atoms with Crippen molar-refractivity contribution < 1.29 is 27.2 Å². The average molecular weight is 358 g/mol. The van der Waals surface area contributed by atoms with Gasteiger partial charge in [0.25, 0.3) is 10.1 Å². The topological polar surface area (TPSA) is 89.9 Å². The molecule has 7 heteroatoms. The number of aliphatic hydroxyl groups is 1. The van der Waals surface area contributed by atoms with Crippen LogP contribution in [0.1, 0.15) is 40.2 Å². The molecule has 6 nitrogen and oxygen atoms in total. The highest BCUT2D eigenvalue weighted by Crippen LogP contribution is 2.28. The van der Waals surface area contributed by atoms with E-state index < -0.39 is 39.8 Å². The maximum Gasteiger partial charge on any atom is 0.317 e. The van der Waals surface area contributed by atoms with Gasteiger partial charge >= 0.3 is 5.97 Å². The summed E-state index contributed by atoms with van der Waals surface area (Å²) in [6, 6.07) is 6.16. The zero-order valence-corrected chi connectivity index (χ0v) is 15.8. The fraction of sp³-hybridized carbons (Fsp3) is 0.588. The van der Waals surface area contributed by atoms with Gasteiger partial charge in [0.15, 0.2) is 0 Å². The van der Waals surface area contributed by atoms with Crippen LogP contribution >= 0.6 is 0 Å². The van der Waals surface area contributed by atoms with Gasteiger partial charge in [0.2, 0.25) is 0 Å². The van der Waals surface area contributed by atoms with Gasteiger partial charge in [-0.1, -0.05) is 17.7 Å². The summed E-state index contributed by atoms with van der Waals surface area (Å²) in [5, 5.41) is 9.97. The first kappa shape index (κ1) is 20.6. The molecular formula is C17H26O6S. The summed E-state index contributed by atoms with van der Waals surface area (Å²) in [6.45, 7) is 9.20. The van der Waals surface area contributed by atoms with Crippen molar-refractivity contribution in [1.82, 2.24) is 0 Å². The molecule has 0 saturated carbocycles. The van der Waals surface area contributed by atoms with Crippen molar-refractivity contribution in [3.63, 3.8) is 0 Å². The Labute approximate surface area is 143 Å². The smallest absolute Gasteiger partial charge is 0.317 e. The van der Waals surface area contributed by atoms with Crippen molar-refractivity contribution in [2.75, 3.05) is 6.61 Å². The van der Waals surface area contributed by atoms with Crippen molar-refractivity contribution >= 4 is 16.1 Å². The Morgan fingerprint density at radius 3 is 2.08 bits per heavy atom. The molecular weight excluding hydrogens is 332 g/mol. The van der Waals surface area contributed by atoms with E-state index >= 15 is 0 Å². The van der Waals surface area contributed by atoms with Gasteiger partial charge < -0.3 is 9.84 Å². The molecule has 0 heterocycles. The quantitative estimate of drug-likeness (QED) is 0.620. The Morgan fingerprint density at radius 2 is 1.67 bits per heavy atom. The van der Waals surface area contributed by atoms with Crippen LogP contribution in [0.4, 0.5) is 0 Å². The van der Waals surface area contributed by atoms with Crippen LogP contribution in [0.25, 0.3) is 0 Å². The molecule has 1 N–H and O–H groups in total. The van der Waals surface area contributed by atoms with Crippen LogP contribution in [-0.2, 0) is 23.8 Å². The first-order chi connectivity index (χ1) is 10.8. The van der Waals surface area contributed by atoms with Crippen LogP contribution < -0.4 is 0 Å². The first-order valence-electron chi connectivity index (χ1n) is 7.65. The zero-order valence-electron chi connectivity index (χ0n) is 15.0. The standard InChI is InChI=1S/C17H26O6S/c1-12-7-9-14(10-8-12)24(20,21)22-11-17(6,13(2)18)15(19)23-16(3,4)5/h7-10,13,18H,11H2,1-6H3. The molecule has 0 aromatic heterocycles. The van der Waals surface area contributed by atoms with Gasteiger partial charge in [0.1, 0.15) is 11.0 Å². The van der Waals surface area contributed by atoms with Crippen LogP contribution in [0.2, 0.25) is 0 Å². The Balaban J connectivity index is 2.97. The number of ether oxygens (including phenoxy) is 1. The van der Waals surface area contributed by atoms with E-state index in [4.69, 9.17) is 8.92 Å². The van der Waals surface area contributed by atoms with E-state index in [1.807, 2.05) is 6.92 Å². The predicted molar refractivity (Wildman–Crippen MR) is 89.9 cm³/mol. The lowest BCUT2D eigenvalue weighted by molar-refractivity contribution is -0.175. The summed E-state index contributed by atoms with van der Waals surface area (Å²) in [5.74, 6) is -0.718. The molecule has 0 aliphatic rings. The second-order valence-electron chi connectivity index (χ2n) is 7.12. The highest BCUT2D eigenvalue weighted by molar-refractivity contribution is 7.86. The molecule has 1 aromatic rings. The number of esters is 1. The Hall–Kier alpha value is -1.44. The molecule has 0 fully saturated rings. The molecule has 24 heavy (non-hydrogen) atoms. The summed E-state index contributed by atoms with van der Waals surface area (Å²) in [7, 11) is -4.04. The van der Waals surface area contributed by atoms with Crippen molar-refractivity contribution in [2.45, 2.75) is 58.1 Å². The molecule has 136 valence electrons. The maximum absolute atomic E-state index is 12.4. The number of hydrogen-bond donors (Lipinski definition) is 1. The van der Waals surface area contributed by atoms with Crippen molar-refractivity contribution in [1.29, 1.82) is 0 Å². The summed E-state index contributed by atoms with van der Waals surface area (Å²) in [4.78, 5) is 12.4. The van der Waals surface area contributed by atoms with E-state index in [1.54, 1.807) is 32.9 Å². The normalized spacial score (nSPS) is 16.3. The summed E-state index contributed by atoms with van der Waals surface area (Å²) >= 11 is 0. The number of carbonyl (C=O) groups excluding carboxylic acids is 1. The molecule has 0 radical (unpaired) electrons. The van der Waals surface area contributed by atoms with Gasteiger partial charge in [-0.05, 0) is 53.7 Å². The number of aryl methyl sites for hydroxylation is 1. The third kappa shape index (κ3) is 5.29. The fourth-order valence-corrected chi connectivity index (χ4v) is 2.72. The molecule has 0 bridgehead atoms. The minimum Gasteiger partial charge on any atom is -0.459 e. The van der Waals surface area contributed by atoms with Crippen molar-refractivity contribution in [3.8, 4) is 0 Å². The summed E-state index contributed by atoms with van der Waals surface area (Å²) in [6.07, 6.45) is -1.15. The second kappa shape index (κ2) is 7.21. The number of aliphatic hydroxyl groups excluding tert-OH is 1. The molecule has 2 atom stereocenters. The van der Waals surface area contributed by atoms with Crippen LogP contribution in [0.3, 0.4) is 0 Å². The summed E-state index contributed by atoms with van der Waals surface area (Å²) < 4.78 is 34.8. The molecule has 0 saturated heterocycles. The monoisotopic (exact) mass is 358 g/mol. The second-order valence-corrected chi connectivity index (χ2v) is 8.74. The van der Waals surface area contributed by atoms with Gasteiger partial charge in [0, 0.05) is 0 Å². The van der Waals surface area contributed by atoms with Gasteiger partial charge in [-0.2, -0.15) is 8.42 Å². The first-order valence-corrected chi connectivity index (χ1v) is 9.06. The number of hydrogen-bond acceptors (Lipinski definition) is 6. The Bertz CT molecular complexity index is 670. The molecule has 0 aliphatic carbocycles. The van der Waals surface area contributed by atoms with Crippen molar-refractivity contribution in [3.05, 3.63) is 29.8 Å². The van der Waals surface area contributed by atoms with Crippen LogP contribution in [0, 0.1) is 12.3 Å². The maximum atomic E-state index is 12.4. The molecule has 0 spiro atoms. The van der Waals surface area contributed by atoms with E-state index in [9.17, 15) is 18.3 Å². The minimum atomic E-state index is -4.04. The lowest BCUT2D eigenvalue weighted by atomic mass is 9.86. The van der Waals surface area contributed by atoms with Crippen molar-refractivity contribution in [2.24, 2.45) is 5.41 Å². The van der Waals surface area contributed by atoms with E-state index in [1.165, 1.54) is 26.0 Å². The summed E-state index contributed by atoms with van der Waals surface area (Å²) in [5.41, 5.74) is -1.36. The van der Waals surface area contributed by atoms with E-state index in [2.05, 4.69) is 0 Å². The predicted octanol–water partition coefficient (Wildman–Crippen LogP) is 2.43. The zero-order chi connectivity index (χ0) is 18.8. The highest BCUT2D eigenvalue weighted by atomic mass is 32.2. The van der Waals surface area contributed by atoms with Gasteiger partial charge in [0.05, 0.1) is 17.6 Å². The molecule has 1 aromatic carbocycles. The number of carbonyl (C=O) groups is 1. The van der Waals surface area contributed by atoms with E-state index in [0.29, 0.717) is 0 Å². The minimum absolute atomic E-state index is 0.00904. The number of benzene rings is 1. The highest BCUT2D eigenvalue weighted by Gasteiger charge is 2.43. The fourth-order valence-electron chi connectivity index (χ4n) is 1.72. The van der Waals surface area contributed by atoms with Crippen LogP contribution in [0.5, 0.6) is 0 Å². The average Bonchev–Trinajstić information content (AvgIpc) is 2.43. The van der Waals surface area contributed by atoms with Crippen LogP contribution in [-0.4, -0.2) is 37.8 Å². The molecule has 2 unspecified atom stereocenters. The van der Waals surface area contributed by atoms with Crippen LogP contribution in [0.15, 0.2) is 29.2 Å². The molecule has 0 amide bonds. The van der Waals surface area contributed by atoms with E-state index in [0.717, 1.165) is 5.56 Å². The van der Waals surface area contributed by atoms with E-state index in [-0.39, 0.29) is 4.90 Å².